The van der Waals surface area contributed by atoms with E-state index in [9.17, 15) is 0 Å². The van der Waals surface area contributed by atoms with Crippen molar-refractivity contribution in [3.8, 4) is 0 Å². The fourth-order valence-corrected chi connectivity index (χ4v) is 2.90. The molecule has 0 bridgehead atoms. The highest BCUT2D eigenvalue weighted by molar-refractivity contribution is 6.30. The largest absolute Gasteiger partial charge is 0.377 e. The van der Waals surface area contributed by atoms with Gasteiger partial charge in [0.2, 0.25) is 0 Å². The van der Waals surface area contributed by atoms with Crippen LogP contribution in [0.25, 0.3) is 0 Å². The molecule has 3 rings (SSSR count). The normalized spacial score (nSPS) is 16.4. The van der Waals surface area contributed by atoms with Crippen LogP contribution in [0.2, 0.25) is 5.02 Å². The summed E-state index contributed by atoms with van der Waals surface area (Å²) in [7, 11) is 0. The van der Waals surface area contributed by atoms with Gasteiger partial charge in [0.15, 0.2) is 0 Å². The SMILES string of the molecule is CC1(C)CN(Cc2ccc(Cl)cc2)c2ccccc2N1. The van der Waals surface area contributed by atoms with Crippen LogP contribution in [0.4, 0.5) is 11.4 Å². The molecule has 0 unspecified atom stereocenters. The Bertz CT molecular complexity index is 605. The van der Waals surface area contributed by atoms with Crippen molar-refractivity contribution in [2.45, 2.75) is 25.9 Å². The highest BCUT2D eigenvalue weighted by Gasteiger charge is 2.28. The second-order valence-corrected chi connectivity index (χ2v) is 6.44. The third-order valence-corrected chi connectivity index (χ3v) is 3.84. The van der Waals surface area contributed by atoms with Crippen LogP contribution in [0, 0.1) is 0 Å². The first-order chi connectivity index (χ1) is 9.53. The van der Waals surface area contributed by atoms with Gasteiger partial charge in [0.05, 0.1) is 11.4 Å². The number of rotatable bonds is 2. The Balaban J connectivity index is 1.90. The van der Waals surface area contributed by atoms with E-state index in [1.165, 1.54) is 16.9 Å². The van der Waals surface area contributed by atoms with Gasteiger partial charge in [0, 0.05) is 23.7 Å². The lowest BCUT2D eigenvalue weighted by atomic mass is 9.98. The van der Waals surface area contributed by atoms with Gasteiger partial charge < -0.3 is 10.2 Å². The van der Waals surface area contributed by atoms with Crippen LogP contribution in [0.15, 0.2) is 48.5 Å². The Kier molecular flexibility index (Phi) is 3.35. The van der Waals surface area contributed by atoms with Crippen LogP contribution < -0.4 is 10.2 Å². The van der Waals surface area contributed by atoms with Crippen molar-refractivity contribution in [1.82, 2.24) is 0 Å². The second-order valence-electron chi connectivity index (χ2n) is 6.01. The molecule has 20 heavy (non-hydrogen) atoms. The van der Waals surface area contributed by atoms with Crippen molar-refractivity contribution in [3.05, 3.63) is 59.1 Å². The molecular weight excluding hydrogens is 268 g/mol. The number of nitrogens with zero attached hydrogens (tertiary/aromatic N) is 1. The minimum Gasteiger partial charge on any atom is -0.377 e. The maximum Gasteiger partial charge on any atom is 0.0606 e. The fourth-order valence-electron chi connectivity index (χ4n) is 2.77. The molecule has 2 aromatic carbocycles. The summed E-state index contributed by atoms with van der Waals surface area (Å²) in [6.45, 7) is 6.35. The van der Waals surface area contributed by atoms with Crippen LogP contribution in [-0.2, 0) is 6.54 Å². The Morgan fingerprint density at radius 2 is 1.80 bits per heavy atom. The summed E-state index contributed by atoms with van der Waals surface area (Å²) in [6, 6.07) is 16.6. The van der Waals surface area contributed by atoms with E-state index in [0.717, 1.165) is 18.1 Å². The molecule has 0 radical (unpaired) electrons. The first-order valence-corrected chi connectivity index (χ1v) is 7.28. The highest BCUT2D eigenvalue weighted by Crippen LogP contribution is 2.35. The lowest BCUT2D eigenvalue weighted by molar-refractivity contribution is 0.530. The molecule has 0 spiro atoms. The van der Waals surface area contributed by atoms with Crippen molar-refractivity contribution < 1.29 is 0 Å². The molecule has 0 atom stereocenters. The summed E-state index contributed by atoms with van der Waals surface area (Å²) < 4.78 is 0. The summed E-state index contributed by atoms with van der Waals surface area (Å²) >= 11 is 5.96. The topological polar surface area (TPSA) is 15.3 Å². The van der Waals surface area contributed by atoms with Crippen molar-refractivity contribution in [2.75, 3.05) is 16.8 Å². The Hall–Kier alpha value is -1.67. The zero-order valence-corrected chi connectivity index (χ0v) is 12.6. The van der Waals surface area contributed by atoms with Gasteiger partial charge >= 0.3 is 0 Å². The van der Waals surface area contributed by atoms with Gasteiger partial charge in [-0.15, -0.1) is 0 Å². The van der Waals surface area contributed by atoms with E-state index in [1.807, 2.05) is 12.1 Å². The van der Waals surface area contributed by atoms with Crippen molar-refractivity contribution in [2.24, 2.45) is 0 Å². The third-order valence-electron chi connectivity index (χ3n) is 3.59. The molecule has 3 heteroatoms. The number of anilines is 2. The van der Waals surface area contributed by atoms with E-state index >= 15 is 0 Å². The van der Waals surface area contributed by atoms with E-state index in [1.54, 1.807) is 0 Å². The summed E-state index contributed by atoms with van der Waals surface area (Å²) in [4.78, 5) is 2.43. The molecule has 0 aromatic heterocycles. The zero-order valence-electron chi connectivity index (χ0n) is 11.9. The smallest absolute Gasteiger partial charge is 0.0606 e. The fraction of sp³-hybridized carbons (Fsp3) is 0.294. The molecule has 2 aromatic rings. The Morgan fingerprint density at radius 3 is 2.55 bits per heavy atom. The van der Waals surface area contributed by atoms with E-state index in [4.69, 9.17) is 11.6 Å². The molecule has 0 aliphatic carbocycles. The standard InChI is InChI=1S/C17H19ClN2/c1-17(2)12-20(11-13-7-9-14(18)10-8-13)16-6-4-3-5-15(16)19-17/h3-10,19H,11-12H2,1-2H3. The molecule has 0 amide bonds. The van der Waals surface area contributed by atoms with E-state index in [-0.39, 0.29) is 5.54 Å². The first-order valence-electron chi connectivity index (χ1n) is 6.90. The monoisotopic (exact) mass is 286 g/mol. The molecule has 1 heterocycles. The quantitative estimate of drug-likeness (QED) is 0.871. The number of fused-ring (bicyclic) bond motifs is 1. The first kappa shape index (κ1) is 13.3. The minimum atomic E-state index is 0.0702. The van der Waals surface area contributed by atoms with Gasteiger partial charge in [-0.25, -0.2) is 0 Å². The second kappa shape index (κ2) is 5.02. The number of benzene rings is 2. The number of nitrogens with one attached hydrogen (secondary N) is 1. The van der Waals surface area contributed by atoms with Gasteiger partial charge in [-0.05, 0) is 43.7 Å². The van der Waals surface area contributed by atoms with Gasteiger partial charge in [0.1, 0.15) is 0 Å². The summed E-state index contributed by atoms with van der Waals surface area (Å²) in [5.41, 5.74) is 3.82. The van der Waals surface area contributed by atoms with Gasteiger partial charge in [0.25, 0.3) is 0 Å². The van der Waals surface area contributed by atoms with Crippen molar-refractivity contribution in [1.29, 1.82) is 0 Å². The van der Waals surface area contributed by atoms with Crippen LogP contribution in [0.3, 0.4) is 0 Å². The Labute approximate surface area is 125 Å². The number of para-hydroxylation sites is 2. The maximum absolute atomic E-state index is 5.96. The van der Waals surface area contributed by atoms with Gasteiger partial charge in [-0.2, -0.15) is 0 Å². The average Bonchev–Trinajstić information content (AvgIpc) is 2.40. The number of hydrogen-bond donors (Lipinski definition) is 1. The van der Waals surface area contributed by atoms with E-state index in [0.29, 0.717) is 0 Å². The highest BCUT2D eigenvalue weighted by atomic mass is 35.5. The maximum atomic E-state index is 5.96. The summed E-state index contributed by atoms with van der Waals surface area (Å²) in [5, 5.41) is 4.39. The van der Waals surface area contributed by atoms with Crippen molar-refractivity contribution in [3.63, 3.8) is 0 Å². The predicted octanol–water partition coefficient (Wildman–Crippen LogP) is 4.55. The number of hydrogen-bond acceptors (Lipinski definition) is 2. The zero-order chi connectivity index (χ0) is 14.2. The summed E-state index contributed by atoms with van der Waals surface area (Å²) in [6.07, 6.45) is 0. The van der Waals surface area contributed by atoms with E-state index in [2.05, 4.69) is 60.5 Å². The molecular formula is C17H19ClN2. The van der Waals surface area contributed by atoms with Crippen LogP contribution in [-0.4, -0.2) is 12.1 Å². The summed E-state index contributed by atoms with van der Waals surface area (Å²) in [5.74, 6) is 0. The van der Waals surface area contributed by atoms with Crippen LogP contribution >= 0.6 is 11.6 Å². The van der Waals surface area contributed by atoms with E-state index < -0.39 is 0 Å². The van der Waals surface area contributed by atoms with Gasteiger partial charge in [-0.1, -0.05) is 35.9 Å². The molecule has 104 valence electrons. The lowest BCUT2D eigenvalue weighted by Crippen LogP contribution is -2.48. The van der Waals surface area contributed by atoms with Crippen LogP contribution in [0.1, 0.15) is 19.4 Å². The number of halogens is 1. The molecule has 0 fully saturated rings. The molecule has 1 aliphatic heterocycles. The molecule has 2 nitrogen and oxygen atoms in total. The average molecular weight is 287 g/mol. The molecule has 0 saturated carbocycles. The van der Waals surface area contributed by atoms with Gasteiger partial charge in [-0.3, -0.25) is 0 Å². The molecule has 1 aliphatic rings. The predicted molar refractivity (Wildman–Crippen MR) is 86.6 cm³/mol. The van der Waals surface area contributed by atoms with Crippen LogP contribution in [0.5, 0.6) is 0 Å². The molecule has 1 N–H and O–H groups in total. The minimum absolute atomic E-state index is 0.0702. The Morgan fingerprint density at radius 1 is 1.10 bits per heavy atom. The third kappa shape index (κ3) is 2.75. The lowest BCUT2D eigenvalue weighted by Gasteiger charge is -2.42. The van der Waals surface area contributed by atoms with Crippen molar-refractivity contribution >= 4 is 23.0 Å². The molecule has 0 saturated heterocycles.